The van der Waals surface area contributed by atoms with Gasteiger partial charge in [-0.3, -0.25) is 29.2 Å². The minimum atomic E-state index is -0.986. The Kier molecular flexibility index (Phi) is 12.7. The molecule has 0 aliphatic carbocycles. The molecule has 0 aromatic rings. The minimum absolute atomic E-state index is 0.0858. The standard InChI is InChI=1S/C16H32N10O4/c1-9(27)24-8-12(28)25-11(5-3-7-23-16(20)21)14(30)26-10(13(17)29)4-2-6-22-15(18)19/h10-11H,2-8H2,1H3,(H2,17,29)(H,24,27)(H,25,28)(H,26,30)(H4,18,19,22)(H4,20,21,23)/t10-,11-/m0/s1. The molecule has 0 radical (unpaired) electrons. The van der Waals surface area contributed by atoms with E-state index in [9.17, 15) is 19.2 Å². The normalized spacial score (nSPS) is 12.0. The van der Waals surface area contributed by atoms with E-state index in [0.29, 0.717) is 12.8 Å². The zero-order chi connectivity index (χ0) is 23.1. The summed E-state index contributed by atoms with van der Waals surface area (Å²) in [5.74, 6) is -2.50. The third-order valence-corrected chi connectivity index (χ3v) is 3.70. The van der Waals surface area contributed by atoms with Gasteiger partial charge in [0.05, 0.1) is 6.54 Å². The smallest absolute Gasteiger partial charge is 0.243 e. The molecule has 0 aliphatic heterocycles. The predicted octanol–water partition coefficient (Wildman–Crippen LogP) is -4.32. The number of amides is 4. The lowest BCUT2D eigenvalue weighted by Crippen LogP contribution is -2.54. The van der Waals surface area contributed by atoms with Crippen LogP contribution in [-0.2, 0) is 19.2 Å². The highest BCUT2D eigenvalue weighted by atomic mass is 16.2. The van der Waals surface area contributed by atoms with Gasteiger partial charge in [0, 0.05) is 20.0 Å². The number of guanidine groups is 2. The van der Waals surface area contributed by atoms with Gasteiger partial charge in [-0.05, 0) is 25.7 Å². The molecule has 0 rings (SSSR count). The van der Waals surface area contributed by atoms with E-state index in [0.717, 1.165) is 0 Å². The third kappa shape index (κ3) is 13.6. The molecule has 0 fully saturated rings. The first-order chi connectivity index (χ1) is 14.0. The third-order valence-electron chi connectivity index (χ3n) is 3.70. The zero-order valence-corrected chi connectivity index (χ0v) is 17.0. The van der Waals surface area contributed by atoms with Crippen LogP contribution < -0.4 is 44.6 Å². The van der Waals surface area contributed by atoms with Crippen LogP contribution in [0.4, 0.5) is 0 Å². The highest BCUT2D eigenvalue weighted by molar-refractivity contribution is 5.92. The molecule has 0 aromatic heterocycles. The van der Waals surface area contributed by atoms with E-state index < -0.39 is 35.7 Å². The highest BCUT2D eigenvalue weighted by Crippen LogP contribution is 2.03. The van der Waals surface area contributed by atoms with E-state index in [4.69, 9.17) is 28.7 Å². The van der Waals surface area contributed by atoms with Crippen molar-refractivity contribution >= 4 is 35.5 Å². The van der Waals surface area contributed by atoms with E-state index in [1.807, 2.05) is 0 Å². The molecule has 0 spiro atoms. The number of nitrogens with zero attached hydrogens (tertiary/aromatic N) is 2. The maximum absolute atomic E-state index is 12.6. The van der Waals surface area contributed by atoms with Crippen molar-refractivity contribution in [3.05, 3.63) is 0 Å². The summed E-state index contributed by atoms with van der Waals surface area (Å²) >= 11 is 0. The average Bonchev–Trinajstić information content (AvgIpc) is 2.64. The lowest BCUT2D eigenvalue weighted by atomic mass is 10.1. The summed E-state index contributed by atoms with van der Waals surface area (Å²) in [6.45, 7) is 1.46. The summed E-state index contributed by atoms with van der Waals surface area (Å²) in [6, 6.07) is -1.96. The summed E-state index contributed by atoms with van der Waals surface area (Å²) < 4.78 is 0. The second-order valence-corrected chi connectivity index (χ2v) is 6.39. The van der Waals surface area contributed by atoms with Crippen molar-refractivity contribution in [2.75, 3.05) is 19.6 Å². The fourth-order valence-corrected chi connectivity index (χ4v) is 2.28. The van der Waals surface area contributed by atoms with Crippen molar-refractivity contribution < 1.29 is 19.2 Å². The van der Waals surface area contributed by atoms with Crippen LogP contribution in [0.2, 0.25) is 0 Å². The highest BCUT2D eigenvalue weighted by Gasteiger charge is 2.25. The summed E-state index contributed by atoms with van der Waals surface area (Å²) in [6.07, 6.45) is 1.17. The first-order valence-electron chi connectivity index (χ1n) is 9.27. The molecule has 13 N–H and O–H groups in total. The van der Waals surface area contributed by atoms with Gasteiger partial charge in [0.25, 0.3) is 0 Å². The van der Waals surface area contributed by atoms with E-state index in [-0.39, 0.29) is 44.4 Å². The van der Waals surface area contributed by atoms with Gasteiger partial charge in [-0.15, -0.1) is 0 Å². The molecule has 0 aliphatic rings. The number of nitrogens with two attached hydrogens (primary N) is 5. The van der Waals surface area contributed by atoms with Crippen molar-refractivity contribution in [1.29, 1.82) is 0 Å². The van der Waals surface area contributed by atoms with Crippen LogP contribution in [0.3, 0.4) is 0 Å². The first-order valence-corrected chi connectivity index (χ1v) is 9.27. The Bertz CT molecular complexity index is 656. The monoisotopic (exact) mass is 428 g/mol. The van der Waals surface area contributed by atoms with Gasteiger partial charge in [0.2, 0.25) is 23.6 Å². The molecule has 14 heteroatoms. The second kappa shape index (κ2) is 14.4. The van der Waals surface area contributed by atoms with Gasteiger partial charge >= 0.3 is 0 Å². The molecular formula is C16H32N10O4. The lowest BCUT2D eigenvalue weighted by molar-refractivity contribution is -0.131. The number of nitrogens with one attached hydrogen (secondary N) is 3. The van der Waals surface area contributed by atoms with Crippen LogP contribution in [0.15, 0.2) is 9.98 Å². The Labute approximate surface area is 174 Å². The van der Waals surface area contributed by atoms with Gasteiger partial charge in [0.1, 0.15) is 12.1 Å². The van der Waals surface area contributed by atoms with E-state index in [2.05, 4.69) is 25.9 Å². The van der Waals surface area contributed by atoms with Gasteiger partial charge in [-0.2, -0.15) is 0 Å². The Morgan fingerprint density at radius 1 is 0.800 bits per heavy atom. The zero-order valence-electron chi connectivity index (χ0n) is 17.0. The van der Waals surface area contributed by atoms with Crippen LogP contribution in [0, 0.1) is 0 Å². The average molecular weight is 428 g/mol. The largest absolute Gasteiger partial charge is 0.370 e. The second-order valence-electron chi connectivity index (χ2n) is 6.39. The first kappa shape index (κ1) is 26.4. The van der Waals surface area contributed by atoms with Crippen molar-refractivity contribution in [1.82, 2.24) is 16.0 Å². The quantitative estimate of drug-likeness (QED) is 0.0759. The fraction of sp³-hybridized carbons (Fsp3) is 0.625. The summed E-state index contributed by atoms with van der Waals surface area (Å²) in [5.41, 5.74) is 26.3. The number of hydrogen-bond donors (Lipinski definition) is 8. The molecular weight excluding hydrogens is 396 g/mol. The molecule has 0 aromatic carbocycles. The molecule has 30 heavy (non-hydrogen) atoms. The maximum Gasteiger partial charge on any atom is 0.243 e. The van der Waals surface area contributed by atoms with Crippen LogP contribution in [0.5, 0.6) is 0 Å². The summed E-state index contributed by atoms with van der Waals surface area (Å²) in [4.78, 5) is 54.8. The van der Waals surface area contributed by atoms with Crippen LogP contribution in [-0.4, -0.2) is 67.3 Å². The Hall–Kier alpha value is -3.58. The molecule has 0 heterocycles. The summed E-state index contributed by atoms with van der Waals surface area (Å²) in [7, 11) is 0. The van der Waals surface area contributed by atoms with E-state index >= 15 is 0 Å². The van der Waals surface area contributed by atoms with E-state index in [1.165, 1.54) is 6.92 Å². The van der Waals surface area contributed by atoms with Gasteiger partial charge in [-0.1, -0.05) is 0 Å². The van der Waals surface area contributed by atoms with Crippen molar-refractivity contribution in [3.8, 4) is 0 Å². The Morgan fingerprint density at radius 3 is 1.73 bits per heavy atom. The van der Waals surface area contributed by atoms with E-state index in [1.54, 1.807) is 0 Å². The van der Waals surface area contributed by atoms with Gasteiger partial charge < -0.3 is 44.6 Å². The van der Waals surface area contributed by atoms with Crippen LogP contribution >= 0.6 is 0 Å². The van der Waals surface area contributed by atoms with Gasteiger partial charge in [0.15, 0.2) is 11.9 Å². The molecule has 0 saturated heterocycles. The fourth-order valence-electron chi connectivity index (χ4n) is 2.28. The van der Waals surface area contributed by atoms with Crippen LogP contribution in [0.1, 0.15) is 32.6 Å². The molecule has 0 saturated carbocycles. The number of carbonyl (C=O) groups excluding carboxylic acids is 4. The van der Waals surface area contributed by atoms with Gasteiger partial charge in [-0.25, -0.2) is 0 Å². The molecule has 2 atom stereocenters. The molecule has 170 valence electrons. The summed E-state index contributed by atoms with van der Waals surface area (Å²) in [5, 5.41) is 7.35. The molecule has 0 unspecified atom stereocenters. The number of rotatable bonds is 14. The number of carbonyl (C=O) groups is 4. The minimum Gasteiger partial charge on any atom is -0.370 e. The predicted molar refractivity (Wildman–Crippen MR) is 112 cm³/mol. The van der Waals surface area contributed by atoms with Crippen molar-refractivity contribution in [2.24, 2.45) is 38.7 Å². The molecule has 14 nitrogen and oxygen atoms in total. The Morgan fingerprint density at radius 2 is 1.30 bits per heavy atom. The number of primary amides is 1. The molecule has 4 amide bonds. The topological polar surface area (TPSA) is 259 Å². The number of hydrogen-bond acceptors (Lipinski definition) is 6. The van der Waals surface area contributed by atoms with Crippen molar-refractivity contribution in [3.63, 3.8) is 0 Å². The SMILES string of the molecule is CC(=O)NCC(=O)N[C@@H](CCCN=C(N)N)C(=O)N[C@@H](CCCN=C(N)N)C(N)=O. The van der Waals surface area contributed by atoms with Crippen LogP contribution in [0.25, 0.3) is 0 Å². The molecule has 0 bridgehead atoms. The maximum atomic E-state index is 12.6. The lowest BCUT2D eigenvalue weighted by Gasteiger charge is -2.22. The number of aliphatic imine (C=N–C) groups is 2. The Balaban J connectivity index is 4.98. The van der Waals surface area contributed by atoms with Crippen molar-refractivity contribution in [2.45, 2.75) is 44.7 Å².